The van der Waals surface area contributed by atoms with Gasteiger partial charge in [0, 0.05) is 5.56 Å². The molecule has 64 valence electrons. The molecule has 2 heterocycles. The van der Waals surface area contributed by atoms with Crippen LogP contribution in [0.25, 0.3) is 0 Å². The Morgan fingerprint density at radius 3 is 3.25 bits per heavy atom. The highest BCUT2D eigenvalue weighted by atomic mass is 35.5. The average Bonchev–Trinajstić information content (AvgIpc) is 2.04. The Hall–Kier alpha value is -0.760. The third kappa shape index (κ3) is 1.27. The molecule has 1 aliphatic heterocycles. The largest absolute Gasteiger partial charge is 0.477 e. The summed E-state index contributed by atoms with van der Waals surface area (Å²) in [6.07, 6.45) is 1.07. The van der Waals surface area contributed by atoms with Crippen LogP contribution in [-0.2, 0) is 0 Å². The van der Waals surface area contributed by atoms with Gasteiger partial charge in [0.25, 0.3) is 0 Å². The summed E-state index contributed by atoms with van der Waals surface area (Å²) in [5.74, 6) is 1.25. The zero-order chi connectivity index (χ0) is 8.55. The number of rotatable bonds is 0. The van der Waals surface area contributed by atoms with E-state index in [0.717, 1.165) is 13.0 Å². The van der Waals surface area contributed by atoms with Crippen molar-refractivity contribution in [1.82, 2.24) is 4.98 Å². The molecule has 1 atom stereocenters. The normalized spacial score (nSPS) is 21.3. The zero-order valence-electron chi connectivity index (χ0n) is 6.88. The van der Waals surface area contributed by atoms with E-state index in [-0.39, 0.29) is 0 Å². The summed E-state index contributed by atoms with van der Waals surface area (Å²) in [6.45, 7) is 2.93. The molecule has 3 heteroatoms. The molecule has 0 spiro atoms. The molecular weight excluding hydrogens is 174 g/mol. The third-order valence-electron chi connectivity index (χ3n) is 2.18. The van der Waals surface area contributed by atoms with Crippen LogP contribution in [0.2, 0.25) is 5.15 Å². The Bertz CT molecular complexity index is 301. The molecule has 1 aromatic rings. The molecule has 0 aliphatic carbocycles. The maximum atomic E-state index is 5.73. The van der Waals surface area contributed by atoms with Crippen LogP contribution < -0.4 is 4.74 Å². The first kappa shape index (κ1) is 7.87. The number of halogens is 1. The quantitative estimate of drug-likeness (QED) is 0.577. The molecule has 0 saturated heterocycles. The molecule has 0 radical (unpaired) electrons. The van der Waals surface area contributed by atoms with E-state index < -0.39 is 0 Å². The fraction of sp³-hybridized carbons (Fsp3) is 0.444. The van der Waals surface area contributed by atoms with Crippen molar-refractivity contribution in [1.29, 1.82) is 0 Å². The standard InChI is InChI=1S/C9H10ClNO/c1-6-4-5-12-9-7(6)2-3-8(10)11-9/h2-3,6H,4-5H2,1H3/t6-/m0/s1. The van der Waals surface area contributed by atoms with Gasteiger partial charge in [-0.15, -0.1) is 0 Å². The minimum Gasteiger partial charge on any atom is -0.477 e. The Balaban J connectivity index is 2.46. The fourth-order valence-corrected chi connectivity index (χ4v) is 1.55. The maximum Gasteiger partial charge on any atom is 0.218 e. The molecule has 0 aromatic carbocycles. The molecule has 2 nitrogen and oxygen atoms in total. The van der Waals surface area contributed by atoms with Crippen LogP contribution >= 0.6 is 11.6 Å². The lowest BCUT2D eigenvalue weighted by Crippen LogP contribution is -2.13. The second-order valence-corrected chi connectivity index (χ2v) is 3.45. The van der Waals surface area contributed by atoms with Gasteiger partial charge in [-0.3, -0.25) is 0 Å². The Morgan fingerprint density at radius 1 is 1.58 bits per heavy atom. The van der Waals surface area contributed by atoms with E-state index in [4.69, 9.17) is 16.3 Å². The zero-order valence-corrected chi connectivity index (χ0v) is 7.64. The molecule has 0 bridgehead atoms. The van der Waals surface area contributed by atoms with E-state index in [2.05, 4.69) is 11.9 Å². The molecule has 0 amide bonds. The van der Waals surface area contributed by atoms with E-state index in [1.54, 1.807) is 0 Å². The van der Waals surface area contributed by atoms with E-state index >= 15 is 0 Å². The van der Waals surface area contributed by atoms with Crippen molar-refractivity contribution in [3.8, 4) is 5.88 Å². The van der Waals surface area contributed by atoms with Crippen LogP contribution in [0.3, 0.4) is 0 Å². The van der Waals surface area contributed by atoms with Crippen molar-refractivity contribution in [3.63, 3.8) is 0 Å². The van der Waals surface area contributed by atoms with Crippen molar-refractivity contribution in [2.24, 2.45) is 0 Å². The van der Waals surface area contributed by atoms with Gasteiger partial charge in [0.05, 0.1) is 6.61 Å². The van der Waals surface area contributed by atoms with Crippen molar-refractivity contribution < 1.29 is 4.74 Å². The van der Waals surface area contributed by atoms with Crippen LogP contribution in [-0.4, -0.2) is 11.6 Å². The van der Waals surface area contributed by atoms with Crippen molar-refractivity contribution >= 4 is 11.6 Å². The molecule has 2 rings (SSSR count). The summed E-state index contributed by atoms with van der Waals surface area (Å²) >= 11 is 5.73. The van der Waals surface area contributed by atoms with E-state index in [9.17, 15) is 0 Å². The van der Waals surface area contributed by atoms with Gasteiger partial charge in [-0.2, -0.15) is 0 Å². The molecule has 12 heavy (non-hydrogen) atoms. The Labute approximate surface area is 76.5 Å². The molecule has 1 aliphatic rings. The molecular formula is C9H10ClNO. The van der Waals surface area contributed by atoms with E-state index in [0.29, 0.717) is 17.0 Å². The second-order valence-electron chi connectivity index (χ2n) is 3.07. The summed E-state index contributed by atoms with van der Waals surface area (Å²) in [4.78, 5) is 4.11. The highest BCUT2D eigenvalue weighted by Crippen LogP contribution is 2.32. The van der Waals surface area contributed by atoms with Crippen molar-refractivity contribution in [2.45, 2.75) is 19.3 Å². The maximum absolute atomic E-state index is 5.73. The number of hydrogen-bond donors (Lipinski definition) is 0. The predicted octanol–water partition coefficient (Wildman–Crippen LogP) is 2.62. The Morgan fingerprint density at radius 2 is 2.42 bits per heavy atom. The van der Waals surface area contributed by atoms with Gasteiger partial charge in [0.2, 0.25) is 5.88 Å². The van der Waals surface area contributed by atoms with Gasteiger partial charge in [0.15, 0.2) is 0 Å². The van der Waals surface area contributed by atoms with Crippen LogP contribution in [0, 0.1) is 0 Å². The van der Waals surface area contributed by atoms with Crippen LogP contribution in [0.15, 0.2) is 12.1 Å². The van der Waals surface area contributed by atoms with Gasteiger partial charge < -0.3 is 4.74 Å². The lowest BCUT2D eigenvalue weighted by molar-refractivity contribution is 0.261. The number of aromatic nitrogens is 1. The Kier molecular flexibility index (Phi) is 1.93. The second kappa shape index (κ2) is 2.94. The molecule has 0 unspecified atom stereocenters. The third-order valence-corrected chi connectivity index (χ3v) is 2.39. The monoisotopic (exact) mass is 183 g/mol. The van der Waals surface area contributed by atoms with Crippen molar-refractivity contribution in [2.75, 3.05) is 6.61 Å². The highest BCUT2D eigenvalue weighted by Gasteiger charge is 2.18. The summed E-state index contributed by atoms with van der Waals surface area (Å²) in [5, 5.41) is 0.503. The van der Waals surface area contributed by atoms with Gasteiger partial charge >= 0.3 is 0 Å². The SMILES string of the molecule is C[C@H]1CCOc2nc(Cl)ccc21. The lowest BCUT2D eigenvalue weighted by atomic mass is 9.98. The molecule has 1 aromatic heterocycles. The number of ether oxygens (including phenoxy) is 1. The minimum absolute atomic E-state index is 0.503. The van der Waals surface area contributed by atoms with Gasteiger partial charge in [-0.05, 0) is 18.4 Å². The smallest absolute Gasteiger partial charge is 0.218 e. The number of pyridine rings is 1. The molecule has 0 saturated carbocycles. The van der Waals surface area contributed by atoms with E-state index in [1.807, 2.05) is 12.1 Å². The molecule has 0 fully saturated rings. The van der Waals surface area contributed by atoms with Crippen LogP contribution in [0.1, 0.15) is 24.8 Å². The lowest BCUT2D eigenvalue weighted by Gasteiger charge is -2.21. The first-order valence-corrected chi connectivity index (χ1v) is 4.44. The summed E-state index contributed by atoms with van der Waals surface area (Å²) in [5.41, 5.74) is 1.17. The van der Waals surface area contributed by atoms with Crippen LogP contribution in [0.5, 0.6) is 5.88 Å². The first-order valence-electron chi connectivity index (χ1n) is 4.06. The van der Waals surface area contributed by atoms with Gasteiger partial charge in [-0.1, -0.05) is 24.6 Å². The number of nitrogens with zero attached hydrogens (tertiary/aromatic N) is 1. The summed E-state index contributed by atoms with van der Waals surface area (Å²) in [6, 6.07) is 3.81. The fourth-order valence-electron chi connectivity index (χ4n) is 1.41. The summed E-state index contributed by atoms with van der Waals surface area (Å²) < 4.78 is 5.38. The topological polar surface area (TPSA) is 22.1 Å². The van der Waals surface area contributed by atoms with Gasteiger partial charge in [0.1, 0.15) is 5.15 Å². The first-order chi connectivity index (χ1) is 5.77. The predicted molar refractivity (Wildman–Crippen MR) is 47.8 cm³/mol. The van der Waals surface area contributed by atoms with Crippen LogP contribution in [0.4, 0.5) is 0 Å². The number of fused-ring (bicyclic) bond motifs is 1. The van der Waals surface area contributed by atoms with E-state index in [1.165, 1.54) is 5.56 Å². The summed E-state index contributed by atoms with van der Waals surface area (Å²) in [7, 11) is 0. The van der Waals surface area contributed by atoms with Gasteiger partial charge in [-0.25, -0.2) is 4.98 Å². The minimum atomic E-state index is 0.503. The molecule has 0 N–H and O–H groups in total. The highest BCUT2D eigenvalue weighted by molar-refractivity contribution is 6.29. The average molecular weight is 184 g/mol. The number of hydrogen-bond acceptors (Lipinski definition) is 2. The van der Waals surface area contributed by atoms with Crippen molar-refractivity contribution in [3.05, 3.63) is 22.8 Å².